The van der Waals surface area contributed by atoms with Crippen LogP contribution in [-0.4, -0.2) is 69.8 Å². The molecule has 0 aliphatic carbocycles. The molecule has 0 saturated carbocycles. The largest absolute Gasteiger partial charge is 0.340 e. The van der Waals surface area contributed by atoms with Gasteiger partial charge in [-0.1, -0.05) is 6.07 Å². The number of pyridine rings is 1. The molecule has 3 saturated heterocycles. The summed E-state index contributed by atoms with van der Waals surface area (Å²) in [4.78, 5) is 44.4. The molecule has 7 heteroatoms. The summed E-state index contributed by atoms with van der Waals surface area (Å²) in [6.45, 7) is 7.21. The highest BCUT2D eigenvalue weighted by atomic mass is 16.2. The SMILES string of the molecule is CC(=O)N1CCC[C@H]1C(=O)N1C[C@@H]2C[C@H](C1)c1ccc(CN3CCCC3)c(=O)n1C2. The smallest absolute Gasteiger partial charge is 0.255 e. The molecule has 0 aromatic carbocycles. The molecule has 0 spiro atoms. The fourth-order valence-corrected chi connectivity index (χ4v) is 6.08. The molecule has 1 aromatic heterocycles. The third-order valence-corrected chi connectivity index (χ3v) is 7.53. The minimum Gasteiger partial charge on any atom is -0.340 e. The highest BCUT2D eigenvalue weighted by Crippen LogP contribution is 2.36. The lowest BCUT2D eigenvalue weighted by Gasteiger charge is -2.44. The number of amides is 2. The number of aromatic nitrogens is 1. The number of likely N-dealkylation sites (tertiary alicyclic amines) is 3. The van der Waals surface area contributed by atoms with Gasteiger partial charge in [-0.15, -0.1) is 0 Å². The van der Waals surface area contributed by atoms with Gasteiger partial charge in [0.1, 0.15) is 6.04 Å². The van der Waals surface area contributed by atoms with Gasteiger partial charge in [-0.3, -0.25) is 19.3 Å². The predicted octanol–water partition coefficient (Wildman–Crippen LogP) is 1.40. The van der Waals surface area contributed by atoms with Gasteiger partial charge < -0.3 is 14.4 Å². The number of hydrogen-bond donors (Lipinski definition) is 0. The van der Waals surface area contributed by atoms with Crippen molar-refractivity contribution in [2.75, 3.05) is 32.7 Å². The number of carbonyl (C=O) groups is 2. The molecule has 4 aliphatic rings. The summed E-state index contributed by atoms with van der Waals surface area (Å²) in [6.07, 6.45) is 5.15. The molecule has 0 N–H and O–H groups in total. The van der Waals surface area contributed by atoms with Gasteiger partial charge in [0.25, 0.3) is 5.56 Å². The third-order valence-electron chi connectivity index (χ3n) is 7.53. The summed E-state index contributed by atoms with van der Waals surface area (Å²) in [5.41, 5.74) is 2.14. The molecule has 7 nitrogen and oxygen atoms in total. The maximum atomic E-state index is 13.2. The van der Waals surface area contributed by atoms with Crippen molar-refractivity contribution >= 4 is 11.8 Å². The normalized spacial score (nSPS) is 28.6. The molecule has 0 radical (unpaired) electrons. The van der Waals surface area contributed by atoms with Gasteiger partial charge in [-0.05, 0) is 57.2 Å². The first kappa shape index (κ1) is 19.8. The van der Waals surface area contributed by atoms with Gasteiger partial charge in [-0.2, -0.15) is 0 Å². The average Bonchev–Trinajstić information content (AvgIpc) is 3.42. The Morgan fingerprint density at radius 2 is 1.83 bits per heavy atom. The molecular weight excluding hydrogens is 380 g/mol. The molecule has 1 aromatic rings. The first-order valence-electron chi connectivity index (χ1n) is 11.5. The van der Waals surface area contributed by atoms with Crippen LogP contribution in [0.25, 0.3) is 0 Å². The monoisotopic (exact) mass is 412 g/mol. The Hall–Kier alpha value is -2.15. The maximum Gasteiger partial charge on any atom is 0.255 e. The van der Waals surface area contributed by atoms with E-state index in [1.807, 2.05) is 15.5 Å². The fourth-order valence-electron chi connectivity index (χ4n) is 6.08. The molecule has 3 fully saturated rings. The summed E-state index contributed by atoms with van der Waals surface area (Å²) < 4.78 is 1.99. The Kier molecular flexibility index (Phi) is 5.17. The van der Waals surface area contributed by atoms with Crippen LogP contribution in [0.5, 0.6) is 0 Å². The van der Waals surface area contributed by atoms with Gasteiger partial charge in [-0.25, -0.2) is 0 Å². The zero-order valence-electron chi connectivity index (χ0n) is 17.9. The van der Waals surface area contributed by atoms with Crippen molar-refractivity contribution in [3.8, 4) is 0 Å². The second-order valence-electron chi connectivity index (χ2n) is 9.59. The molecule has 162 valence electrons. The molecule has 4 aliphatic heterocycles. The minimum atomic E-state index is -0.300. The van der Waals surface area contributed by atoms with E-state index in [1.54, 1.807) is 11.8 Å². The molecule has 0 unspecified atom stereocenters. The number of hydrogen-bond acceptors (Lipinski definition) is 4. The number of piperidine rings is 1. The summed E-state index contributed by atoms with van der Waals surface area (Å²) in [6, 6.07) is 3.84. The molecule has 3 atom stereocenters. The Morgan fingerprint density at radius 1 is 1.03 bits per heavy atom. The fraction of sp³-hybridized carbons (Fsp3) is 0.696. The Labute approximate surface area is 177 Å². The van der Waals surface area contributed by atoms with Crippen LogP contribution in [0, 0.1) is 5.92 Å². The van der Waals surface area contributed by atoms with Crippen LogP contribution in [0.2, 0.25) is 0 Å². The van der Waals surface area contributed by atoms with Crippen LogP contribution in [0.4, 0.5) is 0 Å². The van der Waals surface area contributed by atoms with Gasteiger partial charge in [0.05, 0.1) is 0 Å². The minimum absolute atomic E-state index is 0.00881. The predicted molar refractivity (Wildman–Crippen MR) is 113 cm³/mol. The van der Waals surface area contributed by atoms with E-state index in [0.29, 0.717) is 32.1 Å². The first-order valence-corrected chi connectivity index (χ1v) is 11.5. The average molecular weight is 413 g/mol. The van der Waals surface area contributed by atoms with E-state index in [0.717, 1.165) is 50.2 Å². The number of rotatable bonds is 3. The number of fused-ring (bicyclic) bond motifs is 4. The topological polar surface area (TPSA) is 65.9 Å². The Morgan fingerprint density at radius 3 is 2.60 bits per heavy atom. The standard InChI is InChI=1S/C23H32N4O3/c1-16(28)26-10-4-5-21(26)23(30)25-12-17-11-19(15-25)20-7-6-18(22(29)27(20)13-17)14-24-8-2-3-9-24/h6-7,17,19,21H,2-5,8-15H2,1H3/t17-,19+,21-/m0/s1. The van der Waals surface area contributed by atoms with Crippen LogP contribution in [-0.2, 0) is 22.7 Å². The zero-order chi connectivity index (χ0) is 20.8. The Balaban J connectivity index is 1.35. The molecule has 2 amide bonds. The summed E-state index contributed by atoms with van der Waals surface area (Å²) in [5.74, 6) is 0.610. The van der Waals surface area contributed by atoms with Crippen LogP contribution in [0.3, 0.4) is 0 Å². The van der Waals surface area contributed by atoms with Gasteiger partial charge >= 0.3 is 0 Å². The lowest BCUT2D eigenvalue weighted by atomic mass is 9.82. The van der Waals surface area contributed by atoms with Crippen LogP contribution in [0.15, 0.2) is 16.9 Å². The van der Waals surface area contributed by atoms with Crippen molar-refractivity contribution in [2.45, 2.75) is 64.1 Å². The van der Waals surface area contributed by atoms with Gasteiger partial charge in [0.2, 0.25) is 11.8 Å². The lowest BCUT2D eigenvalue weighted by molar-refractivity contribution is -0.144. The van der Waals surface area contributed by atoms with E-state index in [1.165, 1.54) is 12.8 Å². The van der Waals surface area contributed by atoms with Crippen molar-refractivity contribution in [3.63, 3.8) is 0 Å². The molecule has 5 heterocycles. The van der Waals surface area contributed by atoms with E-state index in [2.05, 4.69) is 11.0 Å². The highest BCUT2D eigenvalue weighted by molar-refractivity contribution is 5.87. The van der Waals surface area contributed by atoms with E-state index in [4.69, 9.17) is 0 Å². The van der Waals surface area contributed by atoms with Crippen molar-refractivity contribution in [1.29, 1.82) is 0 Å². The molecule has 2 bridgehead atoms. The second kappa shape index (κ2) is 7.84. The van der Waals surface area contributed by atoms with Crippen LogP contribution < -0.4 is 5.56 Å². The summed E-state index contributed by atoms with van der Waals surface area (Å²) in [5, 5.41) is 0. The van der Waals surface area contributed by atoms with Crippen molar-refractivity contribution in [3.05, 3.63) is 33.7 Å². The van der Waals surface area contributed by atoms with E-state index >= 15 is 0 Å². The lowest BCUT2D eigenvalue weighted by Crippen LogP contribution is -2.54. The summed E-state index contributed by atoms with van der Waals surface area (Å²) in [7, 11) is 0. The van der Waals surface area contributed by atoms with E-state index in [-0.39, 0.29) is 29.3 Å². The quantitative estimate of drug-likeness (QED) is 0.753. The van der Waals surface area contributed by atoms with Gasteiger partial charge in [0.15, 0.2) is 0 Å². The molecule has 30 heavy (non-hydrogen) atoms. The van der Waals surface area contributed by atoms with Crippen molar-refractivity contribution in [1.82, 2.24) is 19.3 Å². The number of nitrogens with zero attached hydrogens (tertiary/aromatic N) is 4. The summed E-state index contributed by atoms with van der Waals surface area (Å²) >= 11 is 0. The number of carbonyl (C=O) groups excluding carboxylic acids is 2. The molecular formula is C23H32N4O3. The van der Waals surface area contributed by atoms with Crippen molar-refractivity contribution in [2.24, 2.45) is 5.92 Å². The molecule has 5 rings (SSSR count). The zero-order valence-corrected chi connectivity index (χ0v) is 17.9. The maximum absolute atomic E-state index is 13.2. The highest BCUT2D eigenvalue weighted by Gasteiger charge is 2.41. The Bertz CT molecular complexity index is 904. The van der Waals surface area contributed by atoms with E-state index in [9.17, 15) is 14.4 Å². The second-order valence-corrected chi connectivity index (χ2v) is 9.59. The van der Waals surface area contributed by atoms with E-state index < -0.39 is 0 Å². The third kappa shape index (κ3) is 3.47. The van der Waals surface area contributed by atoms with Gasteiger partial charge in [0, 0.05) is 56.8 Å². The van der Waals surface area contributed by atoms with Crippen LogP contribution >= 0.6 is 0 Å². The van der Waals surface area contributed by atoms with Crippen LogP contribution in [0.1, 0.15) is 56.2 Å². The van der Waals surface area contributed by atoms with Crippen molar-refractivity contribution < 1.29 is 9.59 Å². The first-order chi connectivity index (χ1) is 14.5.